The first-order valence-corrected chi connectivity index (χ1v) is 6.92. The van der Waals surface area contributed by atoms with Crippen LogP contribution in [0.15, 0.2) is 30.3 Å². The first-order chi connectivity index (χ1) is 10.2. The number of hydrogen-bond donors (Lipinski definition) is 1. The molecule has 1 saturated heterocycles. The Labute approximate surface area is 122 Å². The molecule has 0 spiro atoms. The zero-order chi connectivity index (χ0) is 14.7. The molecule has 0 unspecified atom stereocenters. The largest absolute Gasteiger partial charge is 0.378 e. The Morgan fingerprint density at radius 1 is 1.14 bits per heavy atom. The lowest BCUT2D eigenvalue weighted by Gasteiger charge is -2.27. The highest BCUT2D eigenvalue weighted by molar-refractivity contribution is 5.57. The monoisotopic (exact) mass is 288 g/mol. The zero-order valence-corrected chi connectivity index (χ0v) is 11.8. The molecule has 1 aliphatic heterocycles. The van der Waals surface area contributed by atoms with E-state index in [1.54, 1.807) is 12.1 Å². The van der Waals surface area contributed by atoms with Gasteiger partial charge in [-0.25, -0.2) is 9.37 Å². The van der Waals surface area contributed by atoms with Gasteiger partial charge in [0.25, 0.3) is 0 Å². The van der Waals surface area contributed by atoms with Gasteiger partial charge < -0.3 is 15.0 Å². The molecule has 0 atom stereocenters. The summed E-state index contributed by atoms with van der Waals surface area (Å²) in [5.41, 5.74) is 1.68. The molecule has 0 saturated carbocycles. The number of hydrogen-bond acceptors (Lipinski definition) is 5. The van der Waals surface area contributed by atoms with Crippen LogP contribution < -0.4 is 10.2 Å². The maximum absolute atomic E-state index is 12.9. The molecule has 1 fully saturated rings. The Balaban J connectivity index is 1.81. The summed E-state index contributed by atoms with van der Waals surface area (Å²) in [6.07, 6.45) is 0. The molecule has 1 aromatic heterocycles. The van der Waals surface area contributed by atoms with E-state index in [9.17, 15) is 4.39 Å². The van der Waals surface area contributed by atoms with Crippen LogP contribution in [0.2, 0.25) is 0 Å². The van der Waals surface area contributed by atoms with Crippen molar-refractivity contribution >= 4 is 17.5 Å². The summed E-state index contributed by atoms with van der Waals surface area (Å²) >= 11 is 0. The Morgan fingerprint density at radius 3 is 2.57 bits per heavy atom. The molecular weight excluding hydrogens is 271 g/mol. The molecule has 1 aliphatic rings. The van der Waals surface area contributed by atoms with Crippen molar-refractivity contribution in [1.29, 1.82) is 0 Å². The molecule has 0 bridgehead atoms. The van der Waals surface area contributed by atoms with Crippen LogP contribution in [-0.4, -0.2) is 36.3 Å². The molecule has 2 aromatic rings. The van der Waals surface area contributed by atoms with E-state index in [4.69, 9.17) is 4.74 Å². The number of halogens is 1. The van der Waals surface area contributed by atoms with E-state index in [1.165, 1.54) is 12.1 Å². The Bertz CT molecular complexity index is 612. The number of rotatable bonds is 3. The second-order valence-corrected chi connectivity index (χ2v) is 4.93. The lowest BCUT2D eigenvalue weighted by atomic mass is 10.3. The van der Waals surface area contributed by atoms with Crippen molar-refractivity contribution in [3.63, 3.8) is 0 Å². The normalized spacial score (nSPS) is 15.0. The van der Waals surface area contributed by atoms with E-state index in [0.29, 0.717) is 25.0 Å². The summed E-state index contributed by atoms with van der Waals surface area (Å²) < 4.78 is 18.3. The predicted molar refractivity (Wildman–Crippen MR) is 79.5 cm³/mol. The molecule has 0 amide bonds. The highest BCUT2D eigenvalue weighted by Gasteiger charge is 2.15. The van der Waals surface area contributed by atoms with Crippen LogP contribution in [0, 0.1) is 12.7 Å². The Hall–Kier alpha value is -2.21. The van der Waals surface area contributed by atoms with Crippen molar-refractivity contribution in [2.45, 2.75) is 6.92 Å². The van der Waals surface area contributed by atoms with Crippen molar-refractivity contribution < 1.29 is 9.13 Å². The van der Waals surface area contributed by atoms with E-state index in [2.05, 4.69) is 20.2 Å². The highest BCUT2D eigenvalue weighted by Crippen LogP contribution is 2.19. The maximum Gasteiger partial charge on any atom is 0.227 e. The summed E-state index contributed by atoms with van der Waals surface area (Å²) in [6.45, 7) is 4.90. The lowest BCUT2D eigenvalue weighted by molar-refractivity contribution is 0.122. The number of benzene rings is 1. The van der Waals surface area contributed by atoms with Gasteiger partial charge in [0.1, 0.15) is 11.6 Å². The maximum atomic E-state index is 12.9. The van der Waals surface area contributed by atoms with Crippen molar-refractivity contribution in [3.05, 3.63) is 41.8 Å². The van der Waals surface area contributed by atoms with Crippen molar-refractivity contribution in [2.24, 2.45) is 0 Å². The van der Waals surface area contributed by atoms with E-state index >= 15 is 0 Å². The summed E-state index contributed by atoms with van der Waals surface area (Å²) in [5, 5.41) is 3.18. The van der Waals surface area contributed by atoms with Crippen LogP contribution >= 0.6 is 0 Å². The molecule has 21 heavy (non-hydrogen) atoms. The topological polar surface area (TPSA) is 50.3 Å². The first-order valence-electron chi connectivity index (χ1n) is 6.92. The Kier molecular flexibility index (Phi) is 3.96. The fourth-order valence-electron chi connectivity index (χ4n) is 2.20. The molecule has 6 heteroatoms. The van der Waals surface area contributed by atoms with Crippen LogP contribution in [0.5, 0.6) is 0 Å². The van der Waals surface area contributed by atoms with E-state index < -0.39 is 0 Å². The molecule has 110 valence electrons. The molecular formula is C15H17FN4O. The molecule has 5 nitrogen and oxygen atoms in total. The molecule has 0 radical (unpaired) electrons. The number of nitrogens with zero attached hydrogens (tertiary/aromatic N) is 3. The molecule has 2 heterocycles. The van der Waals surface area contributed by atoms with Gasteiger partial charge in [-0.2, -0.15) is 4.98 Å². The number of aryl methyl sites for hydroxylation is 1. The summed E-state index contributed by atoms with van der Waals surface area (Å²) in [4.78, 5) is 11.1. The van der Waals surface area contributed by atoms with Crippen molar-refractivity contribution in [1.82, 2.24) is 9.97 Å². The molecule has 0 aliphatic carbocycles. The van der Waals surface area contributed by atoms with Gasteiger partial charge in [0.15, 0.2) is 0 Å². The fourth-order valence-corrected chi connectivity index (χ4v) is 2.20. The lowest BCUT2D eigenvalue weighted by Crippen LogP contribution is -2.37. The minimum absolute atomic E-state index is 0.256. The van der Waals surface area contributed by atoms with Crippen molar-refractivity contribution in [3.8, 4) is 0 Å². The zero-order valence-electron chi connectivity index (χ0n) is 11.8. The SMILES string of the molecule is Cc1cc(Nc2ccc(F)cc2)nc(N2CCOCC2)n1. The van der Waals surface area contributed by atoms with E-state index in [-0.39, 0.29) is 5.82 Å². The summed E-state index contributed by atoms with van der Waals surface area (Å²) in [7, 11) is 0. The Morgan fingerprint density at radius 2 is 1.86 bits per heavy atom. The minimum Gasteiger partial charge on any atom is -0.378 e. The highest BCUT2D eigenvalue weighted by atomic mass is 19.1. The predicted octanol–water partition coefficient (Wildman–Crippen LogP) is 2.50. The number of morpholine rings is 1. The van der Waals surface area contributed by atoms with Crippen LogP contribution in [0.4, 0.5) is 21.8 Å². The average molecular weight is 288 g/mol. The smallest absolute Gasteiger partial charge is 0.227 e. The second kappa shape index (κ2) is 6.05. The van der Waals surface area contributed by atoms with Gasteiger partial charge in [-0.3, -0.25) is 0 Å². The quantitative estimate of drug-likeness (QED) is 0.940. The van der Waals surface area contributed by atoms with Gasteiger partial charge in [-0.15, -0.1) is 0 Å². The van der Waals surface area contributed by atoms with Gasteiger partial charge in [0.2, 0.25) is 5.95 Å². The third kappa shape index (κ3) is 3.46. The van der Waals surface area contributed by atoms with Gasteiger partial charge in [0, 0.05) is 30.5 Å². The molecule has 3 rings (SSSR count). The first kappa shape index (κ1) is 13.8. The van der Waals surface area contributed by atoms with Gasteiger partial charge in [0.05, 0.1) is 13.2 Å². The van der Waals surface area contributed by atoms with Crippen LogP contribution in [-0.2, 0) is 4.74 Å². The number of nitrogens with one attached hydrogen (secondary N) is 1. The van der Waals surface area contributed by atoms with Gasteiger partial charge in [-0.1, -0.05) is 0 Å². The van der Waals surface area contributed by atoms with Crippen LogP contribution in [0.25, 0.3) is 0 Å². The van der Waals surface area contributed by atoms with Crippen LogP contribution in [0.1, 0.15) is 5.69 Å². The van der Waals surface area contributed by atoms with E-state index in [0.717, 1.165) is 24.5 Å². The summed E-state index contributed by atoms with van der Waals surface area (Å²) in [5.74, 6) is 1.15. The second-order valence-electron chi connectivity index (χ2n) is 4.93. The number of ether oxygens (including phenoxy) is 1. The standard InChI is InChI=1S/C15H17FN4O/c1-11-10-14(18-13-4-2-12(16)3-5-13)19-15(17-11)20-6-8-21-9-7-20/h2-5,10H,6-9H2,1H3,(H,17,18,19). The average Bonchev–Trinajstić information content (AvgIpc) is 2.50. The van der Waals surface area contributed by atoms with Crippen molar-refractivity contribution in [2.75, 3.05) is 36.5 Å². The molecule has 1 N–H and O–H groups in total. The third-order valence-corrected chi connectivity index (χ3v) is 3.25. The van der Waals surface area contributed by atoms with E-state index in [1.807, 2.05) is 13.0 Å². The van der Waals surface area contributed by atoms with Gasteiger partial charge >= 0.3 is 0 Å². The fraction of sp³-hybridized carbons (Fsp3) is 0.333. The third-order valence-electron chi connectivity index (χ3n) is 3.25. The summed E-state index contributed by atoms with van der Waals surface area (Å²) in [6, 6.07) is 8.06. The minimum atomic E-state index is -0.256. The molecule has 1 aromatic carbocycles. The number of anilines is 3. The number of aromatic nitrogens is 2. The van der Waals surface area contributed by atoms with Gasteiger partial charge in [-0.05, 0) is 31.2 Å². The van der Waals surface area contributed by atoms with Crippen LogP contribution in [0.3, 0.4) is 0 Å².